The number of hydroxylamine groups is 2. The van der Waals surface area contributed by atoms with Crippen molar-refractivity contribution in [2.75, 3.05) is 18.4 Å². The molecule has 29 heavy (non-hydrogen) atoms. The highest BCUT2D eigenvalue weighted by Crippen LogP contribution is 2.19. The normalized spacial score (nSPS) is 17.1. The fourth-order valence-corrected chi connectivity index (χ4v) is 3.20. The van der Waals surface area contributed by atoms with Crippen molar-refractivity contribution >= 4 is 24.0 Å². The molecule has 0 unspecified atom stereocenters. The Bertz CT molecular complexity index is 735. The monoisotopic (exact) mass is 411 g/mol. The van der Waals surface area contributed by atoms with Crippen LogP contribution in [-0.4, -0.2) is 52.6 Å². The van der Waals surface area contributed by atoms with Crippen LogP contribution in [0, 0.1) is 16.9 Å². The highest BCUT2D eigenvalue weighted by Gasteiger charge is 2.39. The first-order valence-corrected chi connectivity index (χ1v) is 9.54. The van der Waals surface area contributed by atoms with Crippen LogP contribution in [-0.2, 0) is 14.4 Å². The summed E-state index contributed by atoms with van der Waals surface area (Å²) < 4.78 is 13.3. The molecule has 1 saturated heterocycles. The number of unbranched alkanes of at least 4 members (excludes halogenated alkanes) is 2. The molecule has 0 spiro atoms. The average Bonchev–Trinajstić information content (AvgIpc) is 3.18. The smallest absolute Gasteiger partial charge is 0.331 e. The minimum Gasteiger partial charge on any atom is -0.711 e. The number of hydrogen-bond acceptors (Lipinski definition) is 6. The van der Waals surface area contributed by atoms with Crippen LogP contribution in [0.3, 0.4) is 0 Å². The van der Waals surface area contributed by atoms with Gasteiger partial charge in [-0.2, -0.15) is 0 Å². The van der Waals surface area contributed by atoms with Crippen LogP contribution in [0.25, 0.3) is 0 Å². The summed E-state index contributed by atoms with van der Waals surface area (Å²) in [5.41, 5.74) is 2.85. The minimum atomic E-state index is -0.885. The highest BCUT2D eigenvalue weighted by molar-refractivity contribution is 5.96. The number of pyridine rings is 1. The second kappa shape index (κ2) is 10.7. The molecule has 0 aliphatic carbocycles. The number of carbonyl (C=O) groups excluding carboxylic acids is 3. The number of aromatic nitrogens is 1. The number of nitrogens with one attached hydrogen (secondary N) is 2. The van der Waals surface area contributed by atoms with Crippen LogP contribution in [0.1, 0.15) is 39.0 Å². The van der Waals surface area contributed by atoms with Crippen molar-refractivity contribution in [2.24, 2.45) is 5.92 Å². The first kappa shape index (κ1) is 22.5. The minimum absolute atomic E-state index is 0.155. The molecule has 1 aliphatic rings. The molecule has 0 radical (unpaired) electrons. The van der Waals surface area contributed by atoms with Gasteiger partial charge in [-0.3, -0.25) is 19.8 Å². The van der Waals surface area contributed by atoms with Gasteiger partial charge in [-0.25, -0.2) is 29.7 Å². The number of anilines is 1. The van der Waals surface area contributed by atoms with Crippen molar-refractivity contribution in [2.45, 2.75) is 45.1 Å². The van der Waals surface area contributed by atoms with Gasteiger partial charge in [0.15, 0.2) is 11.9 Å². The van der Waals surface area contributed by atoms with Crippen LogP contribution >= 0.6 is 0 Å². The van der Waals surface area contributed by atoms with Gasteiger partial charge in [0, 0.05) is 12.6 Å². The molecule has 1 aliphatic heterocycles. The summed E-state index contributed by atoms with van der Waals surface area (Å²) in [5, 5.41) is 25.2. The number of halogens is 1. The lowest BCUT2D eigenvalue weighted by atomic mass is 9.99. The predicted octanol–water partition coefficient (Wildman–Crippen LogP) is 0.547. The van der Waals surface area contributed by atoms with Gasteiger partial charge in [0.2, 0.25) is 12.3 Å². The van der Waals surface area contributed by atoms with Crippen LogP contribution in [0.4, 0.5) is 10.2 Å². The van der Waals surface area contributed by atoms with E-state index in [1.54, 1.807) is 0 Å². The molecule has 10 nitrogen and oxygen atoms in total. The van der Waals surface area contributed by atoms with E-state index in [2.05, 4.69) is 10.7 Å². The Morgan fingerprint density at radius 3 is 2.93 bits per heavy atom. The molecule has 2 rings (SSSR count). The number of rotatable bonds is 10. The van der Waals surface area contributed by atoms with Crippen molar-refractivity contribution in [3.8, 4) is 0 Å². The number of carbonyl (C=O) groups is 3. The van der Waals surface area contributed by atoms with Gasteiger partial charge in [-0.1, -0.05) is 26.2 Å². The van der Waals surface area contributed by atoms with Crippen molar-refractivity contribution in [3.05, 3.63) is 29.4 Å². The van der Waals surface area contributed by atoms with Gasteiger partial charge in [0.25, 0.3) is 5.82 Å². The Morgan fingerprint density at radius 2 is 2.28 bits per heavy atom. The maximum absolute atomic E-state index is 13.1. The quantitative estimate of drug-likeness (QED) is 0.129. The SMILES string of the molecule is CCCCC[C@H](CN(O)C=O)C(=O)N1NCC[C@H]1C(=O)Nc1ccc(F)c[n+]1[O-]. The third kappa shape index (κ3) is 6.09. The Balaban J connectivity index is 2.09. The Kier molecular flexibility index (Phi) is 8.28. The van der Waals surface area contributed by atoms with Gasteiger partial charge in [0.1, 0.15) is 6.20 Å². The zero-order valence-electron chi connectivity index (χ0n) is 16.2. The largest absolute Gasteiger partial charge is 0.711 e. The second-order valence-electron chi connectivity index (χ2n) is 6.89. The van der Waals surface area contributed by atoms with Gasteiger partial charge in [-0.05, 0) is 18.9 Å². The zero-order chi connectivity index (χ0) is 21.4. The van der Waals surface area contributed by atoms with E-state index >= 15 is 0 Å². The van der Waals surface area contributed by atoms with Crippen molar-refractivity contribution < 1.29 is 28.7 Å². The fourth-order valence-electron chi connectivity index (χ4n) is 3.20. The van der Waals surface area contributed by atoms with Crippen molar-refractivity contribution in [1.82, 2.24) is 15.5 Å². The molecule has 160 valence electrons. The molecule has 0 saturated carbocycles. The summed E-state index contributed by atoms with van der Waals surface area (Å²) in [6.07, 6.45) is 4.24. The molecule has 1 aromatic rings. The van der Waals surface area contributed by atoms with Crippen LogP contribution in [0.2, 0.25) is 0 Å². The third-order valence-electron chi connectivity index (χ3n) is 4.72. The first-order chi connectivity index (χ1) is 13.9. The molecular formula is C18H26FN5O5. The summed E-state index contributed by atoms with van der Waals surface area (Å²) in [4.78, 5) is 36.4. The molecule has 0 bridgehead atoms. The van der Waals surface area contributed by atoms with E-state index in [-0.39, 0.29) is 23.5 Å². The third-order valence-corrected chi connectivity index (χ3v) is 4.72. The summed E-state index contributed by atoms with van der Waals surface area (Å²) >= 11 is 0. The van der Waals surface area contributed by atoms with E-state index in [0.717, 1.165) is 31.4 Å². The molecule has 2 atom stereocenters. The van der Waals surface area contributed by atoms with E-state index in [0.29, 0.717) is 30.6 Å². The summed E-state index contributed by atoms with van der Waals surface area (Å²) in [7, 11) is 0. The Hall–Kier alpha value is -2.79. The first-order valence-electron chi connectivity index (χ1n) is 9.54. The Labute approximate surface area is 167 Å². The van der Waals surface area contributed by atoms with Gasteiger partial charge >= 0.3 is 5.91 Å². The molecule has 3 N–H and O–H groups in total. The molecule has 0 aromatic carbocycles. The lowest BCUT2D eigenvalue weighted by Crippen LogP contribution is -2.52. The van der Waals surface area contributed by atoms with Gasteiger partial charge in [-0.15, -0.1) is 0 Å². The van der Waals surface area contributed by atoms with E-state index in [4.69, 9.17) is 0 Å². The maximum Gasteiger partial charge on any atom is 0.331 e. The number of nitrogens with zero attached hydrogens (tertiary/aromatic N) is 3. The van der Waals surface area contributed by atoms with Crippen LogP contribution in [0.15, 0.2) is 18.3 Å². The summed E-state index contributed by atoms with van der Waals surface area (Å²) in [6.45, 7) is 2.20. The van der Waals surface area contributed by atoms with Gasteiger partial charge in [0.05, 0.1) is 12.5 Å². The lowest BCUT2D eigenvalue weighted by molar-refractivity contribution is -0.591. The van der Waals surface area contributed by atoms with E-state index in [1.165, 1.54) is 5.01 Å². The summed E-state index contributed by atoms with van der Waals surface area (Å²) in [6, 6.07) is 1.29. The molecule has 1 aromatic heterocycles. The van der Waals surface area contributed by atoms with Crippen LogP contribution < -0.4 is 15.5 Å². The van der Waals surface area contributed by atoms with Crippen molar-refractivity contribution in [1.29, 1.82) is 0 Å². The molecule has 3 amide bonds. The standard InChI is InChI=1S/C18H26FN5O5/c1-2-3-4-5-13(10-22(28)12-25)18(27)24-15(8-9-20-24)17(26)21-16-7-6-14(19)11-23(16)29/h6-7,11-13,15,20,28H,2-5,8-10H2,1H3,(H,21,26)/t13-,15+/m1/s1. The van der Waals surface area contributed by atoms with E-state index in [9.17, 15) is 29.2 Å². The molecular weight excluding hydrogens is 385 g/mol. The highest BCUT2D eigenvalue weighted by atomic mass is 19.1. The molecule has 11 heteroatoms. The average molecular weight is 411 g/mol. The van der Waals surface area contributed by atoms with E-state index in [1.807, 2.05) is 6.92 Å². The summed E-state index contributed by atoms with van der Waals surface area (Å²) in [5.74, 6) is -2.60. The number of hydrogen-bond donors (Lipinski definition) is 3. The fraction of sp³-hybridized carbons (Fsp3) is 0.556. The molecule has 2 heterocycles. The second-order valence-corrected chi connectivity index (χ2v) is 6.89. The van der Waals surface area contributed by atoms with E-state index < -0.39 is 29.6 Å². The Morgan fingerprint density at radius 1 is 1.52 bits per heavy atom. The van der Waals surface area contributed by atoms with Crippen LogP contribution in [0.5, 0.6) is 0 Å². The van der Waals surface area contributed by atoms with Crippen molar-refractivity contribution in [3.63, 3.8) is 0 Å². The number of amides is 3. The zero-order valence-corrected chi connectivity index (χ0v) is 16.2. The lowest BCUT2D eigenvalue weighted by Gasteiger charge is -2.27. The van der Waals surface area contributed by atoms with Gasteiger partial charge < -0.3 is 5.21 Å². The topological polar surface area (TPSA) is 129 Å². The number of hydrazine groups is 1. The molecule has 1 fully saturated rings. The maximum atomic E-state index is 13.1. The predicted molar refractivity (Wildman–Crippen MR) is 99.4 cm³/mol.